The number of aryl methyl sites for hydroxylation is 1. The molecule has 5 nitrogen and oxygen atoms in total. The molecule has 1 fully saturated rings. The lowest BCUT2D eigenvalue weighted by Crippen LogP contribution is -2.51. The molecule has 1 N–H and O–H groups in total. The Bertz CT molecular complexity index is 392. The fourth-order valence-electron chi connectivity index (χ4n) is 1.37. The van der Waals surface area contributed by atoms with Gasteiger partial charge >= 0.3 is 0 Å². The topological polar surface area (TPSA) is 73.0 Å². The van der Waals surface area contributed by atoms with Crippen molar-refractivity contribution in [2.75, 3.05) is 18.0 Å². The van der Waals surface area contributed by atoms with Crippen molar-refractivity contribution < 1.29 is 5.11 Å². The van der Waals surface area contributed by atoms with Gasteiger partial charge in [0.1, 0.15) is 11.8 Å². The fraction of sp³-hybridized carbons (Fsp3) is 0.444. The van der Waals surface area contributed by atoms with E-state index in [1.807, 2.05) is 17.9 Å². The standard InChI is InChI=1S/C9H10N4O/c1-6-2-7(3-10)12-9(11-6)13-4-8(14)5-13/h2,8,14H,4-5H2,1H3. The zero-order valence-electron chi connectivity index (χ0n) is 7.80. The SMILES string of the molecule is Cc1cc(C#N)nc(N2CC(O)C2)n1. The molecule has 72 valence electrons. The van der Waals surface area contributed by atoms with E-state index in [9.17, 15) is 0 Å². The number of anilines is 1. The van der Waals surface area contributed by atoms with Gasteiger partial charge in [0.15, 0.2) is 0 Å². The van der Waals surface area contributed by atoms with Crippen molar-refractivity contribution in [1.82, 2.24) is 9.97 Å². The van der Waals surface area contributed by atoms with Crippen LogP contribution in [0.3, 0.4) is 0 Å². The van der Waals surface area contributed by atoms with Gasteiger partial charge < -0.3 is 10.0 Å². The minimum atomic E-state index is -0.287. The molecule has 0 radical (unpaired) electrons. The number of aliphatic hydroxyl groups excluding tert-OH is 1. The fourth-order valence-corrected chi connectivity index (χ4v) is 1.37. The Morgan fingerprint density at radius 2 is 2.29 bits per heavy atom. The summed E-state index contributed by atoms with van der Waals surface area (Å²) in [6, 6.07) is 3.62. The largest absolute Gasteiger partial charge is 0.389 e. The summed E-state index contributed by atoms with van der Waals surface area (Å²) in [6.45, 7) is 2.92. The van der Waals surface area contributed by atoms with Gasteiger partial charge in [0.25, 0.3) is 0 Å². The van der Waals surface area contributed by atoms with Crippen LogP contribution in [0.1, 0.15) is 11.4 Å². The number of rotatable bonds is 1. The van der Waals surface area contributed by atoms with E-state index in [2.05, 4.69) is 9.97 Å². The Morgan fingerprint density at radius 1 is 1.57 bits per heavy atom. The van der Waals surface area contributed by atoms with Crippen LogP contribution in [0.25, 0.3) is 0 Å². The first-order chi connectivity index (χ1) is 6.69. The van der Waals surface area contributed by atoms with Crippen molar-refractivity contribution in [2.24, 2.45) is 0 Å². The Kier molecular flexibility index (Phi) is 2.06. The number of nitriles is 1. The van der Waals surface area contributed by atoms with Crippen LogP contribution in [0.5, 0.6) is 0 Å². The van der Waals surface area contributed by atoms with Crippen molar-refractivity contribution >= 4 is 5.95 Å². The molecule has 2 heterocycles. The van der Waals surface area contributed by atoms with Gasteiger partial charge in [0.05, 0.1) is 6.10 Å². The van der Waals surface area contributed by atoms with E-state index in [0.29, 0.717) is 24.7 Å². The Morgan fingerprint density at radius 3 is 2.86 bits per heavy atom. The molecule has 5 heteroatoms. The number of nitrogens with zero attached hydrogens (tertiary/aromatic N) is 4. The van der Waals surface area contributed by atoms with Crippen LogP contribution in [-0.2, 0) is 0 Å². The molecule has 1 aliphatic heterocycles. The first kappa shape index (κ1) is 8.91. The molecule has 0 atom stereocenters. The highest BCUT2D eigenvalue weighted by Gasteiger charge is 2.26. The monoisotopic (exact) mass is 190 g/mol. The molecular weight excluding hydrogens is 180 g/mol. The molecule has 2 rings (SSSR count). The molecule has 14 heavy (non-hydrogen) atoms. The second-order valence-corrected chi connectivity index (χ2v) is 3.37. The molecule has 1 aromatic heterocycles. The quantitative estimate of drug-likeness (QED) is 0.666. The van der Waals surface area contributed by atoms with E-state index in [0.717, 1.165) is 5.69 Å². The highest BCUT2D eigenvalue weighted by atomic mass is 16.3. The number of β-amino-alcohol motifs (C(OH)–C–C–N with tert-alkyl or cyclic N) is 1. The lowest BCUT2D eigenvalue weighted by molar-refractivity contribution is 0.140. The highest BCUT2D eigenvalue weighted by Crippen LogP contribution is 2.16. The minimum absolute atomic E-state index is 0.287. The average Bonchev–Trinajstić information content (AvgIpc) is 2.12. The summed E-state index contributed by atoms with van der Waals surface area (Å²) < 4.78 is 0. The lowest BCUT2D eigenvalue weighted by atomic mass is 10.2. The number of aliphatic hydroxyl groups is 1. The van der Waals surface area contributed by atoms with Crippen molar-refractivity contribution in [3.63, 3.8) is 0 Å². The van der Waals surface area contributed by atoms with Crippen molar-refractivity contribution in [3.05, 3.63) is 17.5 Å². The van der Waals surface area contributed by atoms with Crippen LogP contribution in [0.4, 0.5) is 5.95 Å². The predicted molar refractivity (Wildman–Crippen MR) is 49.7 cm³/mol. The smallest absolute Gasteiger partial charge is 0.226 e. The molecule has 0 amide bonds. The molecule has 0 aromatic carbocycles. The summed E-state index contributed by atoms with van der Waals surface area (Å²) in [5.74, 6) is 0.534. The number of aromatic nitrogens is 2. The average molecular weight is 190 g/mol. The summed E-state index contributed by atoms with van der Waals surface area (Å²) in [7, 11) is 0. The maximum Gasteiger partial charge on any atom is 0.226 e. The van der Waals surface area contributed by atoms with Crippen LogP contribution >= 0.6 is 0 Å². The van der Waals surface area contributed by atoms with E-state index in [4.69, 9.17) is 10.4 Å². The van der Waals surface area contributed by atoms with Gasteiger partial charge in [-0.05, 0) is 13.0 Å². The molecule has 0 unspecified atom stereocenters. The van der Waals surface area contributed by atoms with E-state index in [1.165, 1.54) is 0 Å². The maximum atomic E-state index is 9.11. The third-order valence-electron chi connectivity index (χ3n) is 2.10. The van der Waals surface area contributed by atoms with Crippen LogP contribution in [0.2, 0.25) is 0 Å². The molecule has 1 aliphatic rings. The summed E-state index contributed by atoms with van der Waals surface area (Å²) in [5, 5.41) is 17.8. The minimum Gasteiger partial charge on any atom is -0.389 e. The first-order valence-corrected chi connectivity index (χ1v) is 4.38. The highest BCUT2D eigenvalue weighted by molar-refractivity contribution is 5.38. The lowest BCUT2D eigenvalue weighted by Gasteiger charge is -2.35. The zero-order valence-corrected chi connectivity index (χ0v) is 7.80. The van der Waals surface area contributed by atoms with Gasteiger partial charge in [-0.2, -0.15) is 5.26 Å². The molecule has 1 saturated heterocycles. The number of hydrogen-bond donors (Lipinski definition) is 1. The maximum absolute atomic E-state index is 9.11. The van der Waals surface area contributed by atoms with Crippen molar-refractivity contribution in [2.45, 2.75) is 13.0 Å². The molecule has 0 bridgehead atoms. The van der Waals surface area contributed by atoms with Crippen molar-refractivity contribution in [3.8, 4) is 6.07 Å². The Labute approximate surface area is 81.6 Å². The molecule has 0 spiro atoms. The van der Waals surface area contributed by atoms with E-state index >= 15 is 0 Å². The van der Waals surface area contributed by atoms with Gasteiger partial charge in [-0.1, -0.05) is 0 Å². The summed E-state index contributed by atoms with van der Waals surface area (Å²) in [6.07, 6.45) is -0.287. The van der Waals surface area contributed by atoms with Crippen LogP contribution < -0.4 is 4.90 Å². The van der Waals surface area contributed by atoms with Gasteiger partial charge in [0, 0.05) is 18.8 Å². The summed E-state index contributed by atoms with van der Waals surface area (Å²) in [5.41, 5.74) is 1.14. The molecule has 1 aromatic rings. The van der Waals surface area contributed by atoms with E-state index in [1.54, 1.807) is 6.07 Å². The second-order valence-electron chi connectivity index (χ2n) is 3.37. The zero-order chi connectivity index (χ0) is 10.1. The summed E-state index contributed by atoms with van der Waals surface area (Å²) in [4.78, 5) is 10.1. The van der Waals surface area contributed by atoms with Crippen molar-refractivity contribution in [1.29, 1.82) is 5.26 Å². The molecular formula is C9H10N4O. The van der Waals surface area contributed by atoms with Gasteiger partial charge in [-0.3, -0.25) is 0 Å². The van der Waals surface area contributed by atoms with Crippen LogP contribution in [0.15, 0.2) is 6.07 Å². The van der Waals surface area contributed by atoms with Gasteiger partial charge in [0.2, 0.25) is 5.95 Å². The van der Waals surface area contributed by atoms with E-state index in [-0.39, 0.29) is 6.10 Å². The van der Waals surface area contributed by atoms with Gasteiger partial charge in [-0.25, -0.2) is 9.97 Å². The van der Waals surface area contributed by atoms with Crippen LogP contribution in [-0.4, -0.2) is 34.3 Å². The molecule has 0 saturated carbocycles. The second kappa shape index (κ2) is 3.24. The first-order valence-electron chi connectivity index (χ1n) is 4.38. The normalized spacial score (nSPS) is 16.2. The molecule has 0 aliphatic carbocycles. The van der Waals surface area contributed by atoms with Crippen LogP contribution in [0, 0.1) is 18.3 Å². The Hall–Kier alpha value is -1.67. The third-order valence-corrected chi connectivity index (χ3v) is 2.10. The number of hydrogen-bond acceptors (Lipinski definition) is 5. The van der Waals surface area contributed by atoms with Gasteiger partial charge in [-0.15, -0.1) is 0 Å². The van der Waals surface area contributed by atoms with E-state index < -0.39 is 0 Å². The Balaban J connectivity index is 2.26. The third kappa shape index (κ3) is 1.52. The summed E-state index contributed by atoms with van der Waals surface area (Å²) >= 11 is 0. The predicted octanol–water partition coefficient (Wildman–Crippen LogP) is -0.162.